The van der Waals surface area contributed by atoms with Crippen LogP contribution in [0.2, 0.25) is 0 Å². The van der Waals surface area contributed by atoms with Gasteiger partial charge >= 0.3 is 0 Å². The molecular formula is C16H24N2O2. The van der Waals surface area contributed by atoms with Crippen molar-refractivity contribution in [2.24, 2.45) is 5.92 Å². The average molecular weight is 276 g/mol. The lowest BCUT2D eigenvalue weighted by molar-refractivity contribution is -0.125. The highest BCUT2D eigenvalue weighted by molar-refractivity contribution is 5.78. The topological polar surface area (TPSA) is 50.4 Å². The molecule has 1 aromatic rings. The molecule has 20 heavy (non-hydrogen) atoms. The van der Waals surface area contributed by atoms with Crippen LogP contribution in [0.15, 0.2) is 18.2 Å². The maximum absolute atomic E-state index is 11.9. The van der Waals surface area contributed by atoms with Gasteiger partial charge in [0.25, 0.3) is 0 Å². The number of hydrogen-bond acceptors (Lipinski definition) is 3. The SMILES string of the molecule is Cc1cccc(C)c1OCCNC(=O)C1CCNCC1. The van der Waals surface area contributed by atoms with E-state index in [0.29, 0.717) is 13.2 Å². The monoisotopic (exact) mass is 276 g/mol. The van der Waals surface area contributed by atoms with Gasteiger partial charge in [-0.15, -0.1) is 0 Å². The van der Waals surface area contributed by atoms with Crippen LogP contribution in [0, 0.1) is 19.8 Å². The third-order valence-corrected chi connectivity index (χ3v) is 3.77. The van der Waals surface area contributed by atoms with Crippen LogP contribution in [0.1, 0.15) is 24.0 Å². The van der Waals surface area contributed by atoms with Crippen LogP contribution in [-0.2, 0) is 4.79 Å². The summed E-state index contributed by atoms with van der Waals surface area (Å²) in [6.45, 7) is 7.04. The van der Waals surface area contributed by atoms with Crippen LogP contribution < -0.4 is 15.4 Å². The minimum Gasteiger partial charge on any atom is -0.491 e. The number of benzene rings is 1. The van der Waals surface area contributed by atoms with Crippen LogP contribution >= 0.6 is 0 Å². The second kappa shape index (κ2) is 7.29. The van der Waals surface area contributed by atoms with Crippen LogP contribution in [0.4, 0.5) is 0 Å². The molecule has 1 aliphatic heterocycles. The van der Waals surface area contributed by atoms with Crippen molar-refractivity contribution in [3.63, 3.8) is 0 Å². The fourth-order valence-corrected chi connectivity index (χ4v) is 2.58. The zero-order valence-corrected chi connectivity index (χ0v) is 12.4. The Balaban J connectivity index is 1.72. The van der Waals surface area contributed by atoms with Crippen molar-refractivity contribution in [3.05, 3.63) is 29.3 Å². The Morgan fingerprint density at radius 2 is 1.95 bits per heavy atom. The molecule has 1 amide bonds. The standard InChI is InChI=1S/C16H24N2O2/c1-12-4-3-5-13(2)15(12)20-11-10-18-16(19)14-6-8-17-9-7-14/h3-5,14,17H,6-11H2,1-2H3,(H,18,19). The van der Waals surface area contributed by atoms with E-state index in [-0.39, 0.29) is 11.8 Å². The van der Waals surface area contributed by atoms with E-state index in [1.807, 2.05) is 32.0 Å². The normalized spacial score (nSPS) is 15.9. The third-order valence-electron chi connectivity index (χ3n) is 3.77. The number of hydrogen-bond donors (Lipinski definition) is 2. The summed E-state index contributed by atoms with van der Waals surface area (Å²) in [6, 6.07) is 6.10. The molecule has 1 heterocycles. The van der Waals surface area contributed by atoms with E-state index in [2.05, 4.69) is 10.6 Å². The molecule has 110 valence electrons. The summed E-state index contributed by atoms with van der Waals surface area (Å²) >= 11 is 0. The van der Waals surface area contributed by atoms with E-state index in [1.54, 1.807) is 0 Å². The first-order valence-electron chi connectivity index (χ1n) is 7.36. The second-order valence-corrected chi connectivity index (χ2v) is 5.38. The van der Waals surface area contributed by atoms with E-state index in [0.717, 1.165) is 42.8 Å². The second-order valence-electron chi connectivity index (χ2n) is 5.38. The summed E-state index contributed by atoms with van der Waals surface area (Å²) in [5, 5.41) is 6.24. The lowest BCUT2D eigenvalue weighted by Gasteiger charge is -2.21. The Kier molecular flexibility index (Phi) is 5.41. The fourth-order valence-electron chi connectivity index (χ4n) is 2.58. The predicted molar refractivity (Wildman–Crippen MR) is 80.0 cm³/mol. The van der Waals surface area contributed by atoms with Crippen LogP contribution in [0.3, 0.4) is 0 Å². The van der Waals surface area contributed by atoms with Gasteiger partial charge in [-0.3, -0.25) is 4.79 Å². The summed E-state index contributed by atoms with van der Waals surface area (Å²) in [5.74, 6) is 1.26. The zero-order chi connectivity index (χ0) is 14.4. The van der Waals surface area contributed by atoms with Crippen molar-refractivity contribution in [2.45, 2.75) is 26.7 Å². The van der Waals surface area contributed by atoms with Gasteiger partial charge in [0.15, 0.2) is 0 Å². The highest BCUT2D eigenvalue weighted by atomic mass is 16.5. The Bertz CT molecular complexity index is 434. The molecule has 0 bridgehead atoms. The molecular weight excluding hydrogens is 252 g/mol. The first kappa shape index (κ1) is 14.9. The van der Waals surface area contributed by atoms with Gasteiger partial charge in [0.05, 0.1) is 6.54 Å². The number of carbonyl (C=O) groups is 1. The van der Waals surface area contributed by atoms with Crippen molar-refractivity contribution >= 4 is 5.91 Å². The van der Waals surface area contributed by atoms with Gasteiger partial charge in [0.2, 0.25) is 5.91 Å². The smallest absolute Gasteiger partial charge is 0.223 e. The fraction of sp³-hybridized carbons (Fsp3) is 0.562. The van der Waals surface area contributed by atoms with Gasteiger partial charge in [-0.2, -0.15) is 0 Å². The quantitative estimate of drug-likeness (QED) is 0.806. The number of amides is 1. The molecule has 4 nitrogen and oxygen atoms in total. The molecule has 0 spiro atoms. The molecule has 0 aliphatic carbocycles. The van der Waals surface area contributed by atoms with Crippen LogP contribution in [0.5, 0.6) is 5.75 Å². The van der Waals surface area contributed by atoms with Gasteiger partial charge in [-0.25, -0.2) is 0 Å². The van der Waals surface area contributed by atoms with E-state index >= 15 is 0 Å². The van der Waals surface area contributed by atoms with Gasteiger partial charge in [-0.05, 0) is 50.9 Å². The number of nitrogens with one attached hydrogen (secondary N) is 2. The molecule has 2 N–H and O–H groups in total. The molecule has 1 aromatic carbocycles. The number of ether oxygens (including phenoxy) is 1. The molecule has 0 saturated carbocycles. The molecule has 0 radical (unpaired) electrons. The lowest BCUT2D eigenvalue weighted by atomic mass is 9.97. The largest absolute Gasteiger partial charge is 0.491 e. The van der Waals surface area contributed by atoms with Crippen molar-refractivity contribution < 1.29 is 9.53 Å². The average Bonchev–Trinajstić information content (AvgIpc) is 2.46. The maximum Gasteiger partial charge on any atom is 0.223 e. The zero-order valence-electron chi connectivity index (χ0n) is 12.4. The van der Waals surface area contributed by atoms with Crippen LogP contribution in [-0.4, -0.2) is 32.1 Å². The molecule has 1 aliphatic rings. The van der Waals surface area contributed by atoms with E-state index in [4.69, 9.17) is 4.74 Å². The number of piperidine rings is 1. The Hall–Kier alpha value is -1.55. The summed E-state index contributed by atoms with van der Waals surface area (Å²) < 4.78 is 5.78. The molecule has 0 atom stereocenters. The molecule has 1 fully saturated rings. The first-order chi connectivity index (χ1) is 9.68. The van der Waals surface area contributed by atoms with E-state index in [1.165, 1.54) is 0 Å². The van der Waals surface area contributed by atoms with E-state index < -0.39 is 0 Å². The number of rotatable bonds is 5. The van der Waals surface area contributed by atoms with Crippen molar-refractivity contribution in [3.8, 4) is 5.75 Å². The number of aryl methyl sites for hydroxylation is 2. The molecule has 1 saturated heterocycles. The van der Waals surface area contributed by atoms with Gasteiger partial charge < -0.3 is 15.4 Å². The summed E-state index contributed by atoms with van der Waals surface area (Å²) in [6.07, 6.45) is 1.87. The van der Waals surface area contributed by atoms with Gasteiger partial charge in [0.1, 0.15) is 12.4 Å². The Morgan fingerprint density at radius 1 is 1.30 bits per heavy atom. The maximum atomic E-state index is 11.9. The molecule has 0 aromatic heterocycles. The number of carbonyl (C=O) groups excluding carboxylic acids is 1. The predicted octanol–water partition coefficient (Wildman–Crippen LogP) is 1.80. The Labute approximate surface area is 120 Å². The third kappa shape index (κ3) is 3.97. The highest BCUT2D eigenvalue weighted by Gasteiger charge is 2.20. The number of para-hydroxylation sites is 1. The summed E-state index contributed by atoms with van der Waals surface area (Å²) in [4.78, 5) is 11.9. The highest BCUT2D eigenvalue weighted by Crippen LogP contribution is 2.21. The summed E-state index contributed by atoms with van der Waals surface area (Å²) in [5.41, 5.74) is 2.27. The summed E-state index contributed by atoms with van der Waals surface area (Å²) in [7, 11) is 0. The van der Waals surface area contributed by atoms with Crippen molar-refractivity contribution in [1.82, 2.24) is 10.6 Å². The van der Waals surface area contributed by atoms with E-state index in [9.17, 15) is 4.79 Å². The first-order valence-corrected chi connectivity index (χ1v) is 7.36. The molecule has 0 unspecified atom stereocenters. The Morgan fingerprint density at radius 3 is 2.60 bits per heavy atom. The minimum atomic E-state index is 0.163. The minimum absolute atomic E-state index is 0.163. The van der Waals surface area contributed by atoms with Crippen LogP contribution in [0.25, 0.3) is 0 Å². The van der Waals surface area contributed by atoms with Crippen molar-refractivity contribution in [1.29, 1.82) is 0 Å². The molecule has 2 rings (SSSR count). The molecule has 4 heteroatoms. The van der Waals surface area contributed by atoms with Gasteiger partial charge in [0, 0.05) is 5.92 Å². The van der Waals surface area contributed by atoms with Gasteiger partial charge in [-0.1, -0.05) is 18.2 Å². The lowest BCUT2D eigenvalue weighted by Crippen LogP contribution is -2.39. The van der Waals surface area contributed by atoms with Crippen molar-refractivity contribution in [2.75, 3.05) is 26.2 Å².